The van der Waals surface area contributed by atoms with Crippen LogP contribution >= 0.6 is 0 Å². The number of hydrogen-bond donors (Lipinski definition) is 0. The zero-order chi connectivity index (χ0) is 16.0. The van der Waals surface area contributed by atoms with Gasteiger partial charge in [0, 0.05) is 6.42 Å². The van der Waals surface area contributed by atoms with Gasteiger partial charge in [0.05, 0.1) is 19.6 Å². The summed E-state index contributed by atoms with van der Waals surface area (Å²) in [6.45, 7) is 1.10. The molecular weight excluding hydrogens is 292 g/mol. The third-order valence-electron chi connectivity index (χ3n) is 3.79. The molecule has 1 fully saturated rings. The van der Waals surface area contributed by atoms with Crippen LogP contribution < -0.4 is 0 Å². The number of hydrogen-bond acceptors (Lipinski definition) is 4. The Morgan fingerprint density at radius 1 is 0.913 bits per heavy atom. The molecule has 0 N–H and O–H groups in total. The number of esters is 1. The smallest absolute Gasteiger partial charge is 0.308 e. The van der Waals surface area contributed by atoms with Gasteiger partial charge in [-0.15, -0.1) is 0 Å². The summed E-state index contributed by atoms with van der Waals surface area (Å²) in [5, 5.41) is 0. The van der Waals surface area contributed by atoms with Crippen molar-refractivity contribution < 1.29 is 19.0 Å². The van der Waals surface area contributed by atoms with E-state index in [4.69, 9.17) is 14.2 Å². The summed E-state index contributed by atoms with van der Waals surface area (Å²) < 4.78 is 17.1. The summed E-state index contributed by atoms with van der Waals surface area (Å²) in [6.07, 6.45) is 0.886. The van der Waals surface area contributed by atoms with Gasteiger partial charge in [-0.1, -0.05) is 60.7 Å². The lowest BCUT2D eigenvalue weighted by molar-refractivity contribution is -0.240. The molecule has 0 aliphatic carbocycles. The molecule has 0 unspecified atom stereocenters. The molecule has 0 radical (unpaired) electrons. The monoisotopic (exact) mass is 312 g/mol. The molecule has 1 atom stereocenters. The molecule has 23 heavy (non-hydrogen) atoms. The van der Waals surface area contributed by atoms with Crippen LogP contribution in [0, 0.1) is 0 Å². The molecule has 0 bridgehead atoms. The second-order valence-electron chi connectivity index (χ2n) is 5.64. The minimum Gasteiger partial charge on any atom is -0.430 e. The summed E-state index contributed by atoms with van der Waals surface area (Å²) >= 11 is 0. The molecule has 4 heteroatoms. The van der Waals surface area contributed by atoms with Gasteiger partial charge in [-0.3, -0.25) is 4.79 Å². The molecular formula is C19H20O4. The second-order valence-corrected chi connectivity index (χ2v) is 5.64. The molecule has 0 aromatic heterocycles. The van der Waals surface area contributed by atoms with E-state index in [0.717, 1.165) is 11.1 Å². The highest BCUT2D eigenvalue weighted by atomic mass is 16.7. The molecule has 120 valence electrons. The van der Waals surface area contributed by atoms with E-state index in [-0.39, 0.29) is 12.6 Å². The molecule has 4 nitrogen and oxygen atoms in total. The summed E-state index contributed by atoms with van der Waals surface area (Å²) in [6, 6.07) is 19.7. The molecule has 0 amide bonds. The fraction of sp³-hybridized carbons (Fsp3) is 0.316. The maximum Gasteiger partial charge on any atom is 0.308 e. The van der Waals surface area contributed by atoms with Crippen LogP contribution in [0.2, 0.25) is 0 Å². The normalized spacial score (nSPS) is 20.4. The van der Waals surface area contributed by atoms with Crippen LogP contribution in [0.5, 0.6) is 0 Å². The van der Waals surface area contributed by atoms with Gasteiger partial charge in [0.25, 0.3) is 0 Å². The fourth-order valence-corrected chi connectivity index (χ4v) is 2.53. The van der Waals surface area contributed by atoms with Crippen molar-refractivity contribution in [3.63, 3.8) is 0 Å². The number of benzene rings is 2. The van der Waals surface area contributed by atoms with Gasteiger partial charge in [0.15, 0.2) is 0 Å². The molecule has 2 aromatic carbocycles. The Bertz CT molecular complexity index is 626. The van der Waals surface area contributed by atoms with Gasteiger partial charge >= 0.3 is 5.97 Å². The maximum atomic E-state index is 11.5. The number of carbonyl (C=O) groups is 1. The first kappa shape index (κ1) is 15.7. The zero-order valence-electron chi connectivity index (χ0n) is 12.9. The lowest BCUT2D eigenvalue weighted by Crippen LogP contribution is -2.37. The predicted octanol–water partition coefficient (Wildman–Crippen LogP) is 3.45. The van der Waals surface area contributed by atoms with E-state index in [9.17, 15) is 4.79 Å². The third kappa shape index (κ3) is 4.41. The SMILES string of the molecule is O=C1CC[C@](COCc2ccccc2)(OCc2ccccc2)O1. The van der Waals surface area contributed by atoms with E-state index in [0.29, 0.717) is 26.1 Å². The lowest BCUT2D eigenvalue weighted by Gasteiger charge is -2.27. The van der Waals surface area contributed by atoms with Crippen molar-refractivity contribution in [2.75, 3.05) is 6.61 Å². The average molecular weight is 312 g/mol. The zero-order valence-corrected chi connectivity index (χ0v) is 12.9. The van der Waals surface area contributed by atoms with Crippen LogP contribution in [0.4, 0.5) is 0 Å². The van der Waals surface area contributed by atoms with Crippen molar-refractivity contribution in [3.8, 4) is 0 Å². The third-order valence-corrected chi connectivity index (χ3v) is 3.79. The second kappa shape index (κ2) is 7.40. The molecule has 1 saturated heterocycles. The van der Waals surface area contributed by atoms with Crippen molar-refractivity contribution in [1.82, 2.24) is 0 Å². The minimum atomic E-state index is -0.971. The van der Waals surface area contributed by atoms with E-state index in [1.807, 2.05) is 60.7 Å². The summed E-state index contributed by atoms with van der Waals surface area (Å²) in [7, 11) is 0. The highest BCUT2D eigenvalue weighted by molar-refractivity contribution is 5.71. The first-order chi connectivity index (χ1) is 11.3. The first-order valence-electron chi connectivity index (χ1n) is 7.77. The van der Waals surface area contributed by atoms with Gasteiger partial charge < -0.3 is 14.2 Å². The van der Waals surface area contributed by atoms with Gasteiger partial charge in [-0.25, -0.2) is 0 Å². The lowest BCUT2D eigenvalue weighted by atomic mass is 10.2. The Hall–Kier alpha value is -2.17. The predicted molar refractivity (Wildman–Crippen MR) is 85.4 cm³/mol. The van der Waals surface area contributed by atoms with Crippen LogP contribution in [0.15, 0.2) is 60.7 Å². The molecule has 3 rings (SSSR count). The summed E-state index contributed by atoms with van der Waals surface area (Å²) in [5.74, 6) is -1.21. The minimum absolute atomic E-state index is 0.235. The number of carbonyl (C=O) groups excluding carboxylic acids is 1. The fourth-order valence-electron chi connectivity index (χ4n) is 2.53. The molecule has 1 aliphatic rings. The first-order valence-corrected chi connectivity index (χ1v) is 7.77. The molecule has 2 aromatic rings. The van der Waals surface area contributed by atoms with Crippen molar-refractivity contribution in [2.24, 2.45) is 0 Å². The van der Waals surface area contributed by atoms with Crippen molar-refractivity contribution in [1.29, 1.82) is 0 Å². The Morgan fingerprint density at radius 2 is 1.52 bits per heavy atom. The molecule has 1 aliphatic heterocycles. The highest BCUT2D eigenvalue weighted by Gasteiger charge is 2.42. The highest BCUT2D eigenvalue weighted by Crippen LogP contribution is 2.30. The number of cyclic esters (lactones) is 1. The van der Waals surface area contributed by atoms with E-state index < -0.39 is 5.79 Å². The van der Waals surface area contributed by atoms with Gasteiger partial charge in [-0.2, -0.15) is 0 Å². The summed E-state index contributed by atoms with van der Waals surface area (Å²) in [4.78, 5) is 11.5. The number of ether oxygens (including phenoxy) is 3. The Labute approximate surface area is 136 Å². The van der Waals surface area contributed by atoms with Crippen LogP contribution in [0.1, 0.15) is 24.0 Å². The molecule has 0 saturated carbocycles. The van der Waals surface area contributed by atoms with Crippen LogP contribution in [-0.4, -0.2) is 18.4 Å². The van der Waals surface area contributed by atoms with Crippen molar-refractivity contribution in [3.05, 3.63) is 71.8 Å². The molecule has 0 spiro atoms. The van der Waals surface area contributed by atoms with E-state index in [2.05, 4.69) is 0 Å². The largest absolute Gasteiger partial charge is 0.430 e. The van der Waals surface area contributed by atoms with Crippen molar-refractivity contribution >= 4 is 5.97 Å². The van der Waals surface area contributed by atoms with E-state index in [1.165, 1.54) is 0 Å². The average Bonchev–Trinajstić information content (AvgIpc) is 2.96. The maximum absolute atomic E-state index is 11.5. The standard InChI is InChI=1S/C19H20O4/c20-18-11-12-19(23-18,22-14-17-9-5-2-6-10-17)15-21-13-16-7-3-1-4-8-16/h1-10H,11-15H2/t19-/m0/s1. The summed E-state index contributed by atoms with van der Waals surface area (Å²) in [5.41, 5.74) is 2.12. The van der Waals surface area contributed by atoms with Crippen LogP contribution in [0.25, 0.3) is 0 Å². The molecule has 1 heterocycles. The van der Waals surface area contributed by atoms with Crippen LogP contribution in [0.3, 0.4) is 0 Å². The quantitative estimate of drug-likeness (QED) is 0.735. The topological polar surface area (TPSA) is 44.8 Å². The van der Waals surface area contributed by atoms with Gasteiger partial charge in [0.1, 0.15) is 6.61 Å². The van der Waals surface area contributed by atoms with Crippen LogP contribution in [-0.2, 0) is 32.2 Å². The van der Waals surface area contributed by atoms with E-state index in [1.54, 1.807) is 0 Å². The van der Waals surface area contributed by atoms with Gasteiger partial charge in [-0.05, 0) is 11.1 Å². The van der Waals surface area contributed by atoms with E-state index >= 15 is 0 Å². The van der Waals surface area contributed by atoms with Gasteiger partial charge in [0.2, 0.25) is 5.79 Å². The van der Waals surface area contributed by atoms with Crippen molar-refractivity contribution in [2.45, 2.75) is 31.8 Å². The Kier molecular flexibility index (Phi) is 5.05. The number of rotatable bonds is 7. The Balaban J connectivity index is 1.57. The Morgan fingerprint density at radius 3 is 2.09 bits per heavy atom.